The van der Waals surface area contributed by atoms with Crippen molar-refractivity contribution < 1.29 is 13.6 Å². The van der Waals surface area contributed by atoms with Crippen molar-refractivity contribution in [1.29, 1.82) is 0 Å². The Morgan fingerprint density at radius 3 is 2.96 bits per heavy atom. The van der Waals surface area contributed by atoms with Crippen molar-refractivity contribution >= 4 is 34.1 Å². The molecule has 0 bridgehead atoms. The summed E-state index contributed by atoms with van der Waals surface area (Å²) in [6.07, 6.45) is 1.71. The first-order valence-corrected chi connectivity index (χ1v) is 7.07. The van der Waals surface area contributed by atoms with E-state index in [0.29, 0.717) is 27.2 Å². The van der Waals surface area contributed by atoms with Gasteiger partial charge in [0, 0.05) is 17.8 Å². The number of carbonyl (C=O) groups excluding carboxylic acids is 1. The topological polar surface area (TPSA) is 59.8 Å². The van der Waals surface area contributed by atoms with Crippen LogP contribution in [0, 0.1) is 0 Å². The second-order valence-electron chi connectivity index (χ2n) is 4.79. The molecule has 3 aromatic rings. The normalized spacial score (nSPS) is 11.1. The zero-order valence-electron chi connectivity index (χ0n) is 11.7. The monoisotopic (exact) mass is 336 g/mol. The number of amides is 1. The summed E-state index contributed by atoms with van der Waals surface area (Å²) in [6, 6.07) is 6.67. The van der Waals surface area contributed by atoms with Crippen LogP contribution in [-0.2, 0) is 6.54 Å². The second kappa shape index (κ2) is 6.29. The van der Waals surface area contributed by atoms with Gasteiger partial charge in [-0.05, 0) is 24.3 Å². The number of halogens is 3. The number of fused-ring (bicyclic) bond motifs is 1. The zero-order valence-corrected chi connectivity index (χ0v) is 12.5. The molecule has 1 N–H and O–H groups in total. The number of carbonyl (C=O) groups is 1. The summed E-state index contributed by atoms with van der Waals surface area (Å²) < 4.78 is 25.7. The lowest BCUT2D eigenvalue weighted by atomic mass is 10.1. The Labute approximate surface area is 134 Å². The molecule has 0 radical (unpaired) electrons. The van der Waals surface area contributed by atoms with Crippen LogP contribution in [0.5, 0.6) is 0 Å². The molecule has 118 valence electrons. The number of nitrogens with one attached hydrogen (secondary N) is 1. The van der Waals surface area contributed by atoms with E-state index >= 15 is 0 Å². The van der Waals surface area contributed by atoms with E-state index in [2.05, 4.69) is 15.4 Å². The fraction of sp³-hybridized carbons (Fsp3) is 0.133. The van der Waals surface area contributed by atoms with E-state index in [0.717, 1.165) is 4.68 Å². The van der Waals surface area contributed by atoms with Gasteiger partial charge in [0.05, 0.1) is 28.0 Å². The molecule has 0 aliphatic heterocycles. The van der Waals surface area contributed by atoms with E-state index in [9.17, 15) is 13.6 Å². The van der Waals surface area contributed by atoms with Crippen molar-refractivity contribution in [2.75, 3.05) is 5.32 Å². The van der Waals surface area contributed by atoms with Crippen molar-refractivity contribution in [3.63, 3.8) is 0 Å². The summed E-state index contributed by atoms with van der Waals surface area (Å²) in [7, 11) is 0. The molecule has 2 heterocycles. The van der Waals surface area contributed by atoms with Gasteiger partial charge in [-0.1, -0.05) is 11.6 Å². The van der Waals surface area contributed by atoms with Crippen LogP contribution in [0.4, 0.5) is 14.5 Å². The largest absolute Gasteiger partial charge is 0.319 e. The minimum absolute atomic E-state index is 0.328. The molecule has 0 unspecified atom stereocenters. The average Bonchev–Trinajstić information content (AvgIpc) is 2.94. The van der Waals surface area contributed by atoms with Gasteiger partial charge in [0.1, 0.15) is 6.54 Å². The number of benzene rings is 1. The van der Waals surface area contributed by atoms with Gasteiger partial charge in [0.2, 0.25) is 0 Å². The van der Waals surface area contributed by atoms with Crippen molar-refractivity contribution in [2.45, 2.75) is 13.0 Å². The number of rotatable bonds is 4. The minimum Gasteiger partial charge on any atom is -0.319 e. The SMILES string of the molecule is O=C(Nc1cnn(CC(F)F)c1)c1ccc(Cl)c2cccnc12. The first-order chi connectivity index (χ1) is 11.0. The van der Waals surface area contributed by atoms with Gasteiger partial charge in [0.25, 0.3) is 12.3 Å². The number of alkyl halides is 2. The molecule has 0 saturated heterocycles. The number of hydrogen-bond donors (Lipinski definition) is 1. The highest BCUT2D eigenvalue weighted by Gasteiger charge is 2.14. The Hall–Kier alpha value is -2.54. The summed E-state index contributed by atoms with van der Waals surface area (Å²) in [5.41, 5.74) is 1.14. The van der Waals surface area contributed by atoms with E-state index in [1.165, 1.54) is 12.4 Å². The van der Waals surface area contributed by atoms with Gasteiger partial charge in [-0.15, -0.1) is 0 Å². The molecule has 1 amide bonds. The van der Waals surface area contributed by atoms with Crippen molar-refractivity contribution in [1.82, 2.24) is 14.8 Å². The van der Waals surface area contributed by atoms with Crippen LogP contribution in [0.15, 0.2) is 42.9 Å². The molecule has 8 heteroatoms. The predicted octanol–water partition coefficient (Wildman–Crippen LogP) is 3.60. The van der Waals surface area contributed by atoms with E-state index < -0.39 is 18.9 Å². The highest BCUT2D eigenvalue weighted by molar-refractivity contribution is 6.36. The van der Waals surface area contributed by atoms with Gasteiger partial charge >= 0.3 is 0 Å². The van der Waals surface area contributed by atoms with Crippen molar-refractivity contribution in [2.24, 2.45) is 0 Å². The maximum atomic E-state index is 12.4. The standard InChI is InChI=1S/C15H11ClF2N4O/c16-12-4-3-11(14-10(12)2-1-5-19-14)15(23)21-9-6-20-22(7-9)8-13(17)18/h1-7,13H,8H2,(H,21,23). The van der Waals surface area contributed by atoms with Crippen LogP contribution in [0.2, 0.25) is 5.02 Å². The lowest BCUT2D eigenvalue weighted by Crippen LogP contribution is -2.12. The molecule has 23 heavy (non-hydrogen) atoms. The molecular weight excluding hydrogens is 326 g/mol. The smallest absolute Gasteiger partial charge is 0.257 e. The molecule has 0 aliphatic rings. The van der Waals surface area contributed by atoms with Gasteiger partial charge in [-0.2, -0.15) is 5.10 Å². The van der Waals surface area contributed by atoms with Crippen molar-refractivity contribution in [3.05, 3.63) is 53.4 Å². The van der Waals surface area contributed by atoms with Crippen LogP contribution in [0.25, 0.3) is 10.9 Å². The number of pyridine rings is 1. The molecule has 0 atom stereocenters. The lowest BCUT2D eigenvalue weighted by Gasteiger charge is -2.07. The summed E-state index contributed by atoms with van der Waals surface area (Å²) in [4.78, 5) is 16.6. The van der Waals surface area contributed by atoms with E-state index in [4.69, 9.17) is 11.6 Å². The number of anilines is 1. The molecule has 0 spiro atoms. The Morgan fingerprint density at radius 2 is 2.17 bits per heavy atom. The molecule has 0 fully saturated rings. The van der Waals surface area contributed by atoms with Gasteiger partial charge in [0.15, 0.2) is 0 Å². The van der Waals surface area contributed by atoms with Gasteiger partial charge in [-0.25, -0.2) is 8.78 Å². The van der Waals surface area contributed by atoms with Crippen molar-refractivity contribution in [3.8, 4) is 0 Å². The third kappa shape index (κ3) is 3.29. The van der Waals surface area contributed by atoms with Gasteiger partial charge < -0.3 is 5.32 Å². The lowest BCUT2D eigenvalue weighted by molar-refractivity contribution is 0.102. The quantitative estimate of drug-likeness (QED) is 0.792. The highest BCUT2D eigenvalue weighted by Crippen LogP contribution is 2.25. The molecule has 2 aromatic heterocycles. The average molecular weight is 337 g/mol. The van der Waals surface area contributed by atoms with Crippen LogP contribution < -0.4 is 5.32 Å². The summed E-state index contributed by atoms with van der Waals surface area (Å²) in [5, 5.41) is 7.53. The maximum Gasteiger partial charge on any atom is 0.257 e. The molecule has 0 aliphatic carbocycles. The molecule has 3 rings (SSSR count). The number of hydrogen-bond acceptors (Lipinski definition) is 3. The summed E-state index contributed by atoms with van der Waals surface area (Å²) in [6.45, 7) is -0.526. The maximum absolute atomic E-state index is 12.4. The fourth-order valence-electron chi connectivity index (χ4n) is 2.19. The van der Waals surface area contributed by atoms with Crippen LogP contribution in [-0.4, -0.2) is 27.1 Å². The minimum atomic E-state index is -2.51. The first kappa shape index (κ1) is 15.4. The Balaban J connectivity index is 1.87. The first-order valence-electron chi connectivity index (χ1n) is 6.70. The summed E-state index contributed by atoms with van der Waals surface area (Å²) >= 11 is 6.09. The molecule has 1 aromatic carbocycles. The number of nitrogens with zero attached hydrogens (tertiary/aromatic N) is 3. The van der Waals surface area contributed by atoms with Crippen LogP contribution >= 0.6 is 11.6 Å². The van der Waals surface area contributed by atoms with E-state index in [1.807, 2.05) is 0 Å². The Morgan fingerprint density at radius 1 is 1.35 bits per heavy atom. The van der Waals surface area contributed by atoms with Crippen LogP contribution in [0.3, 0.4) is 0 Å². The Bertz CT molecular complexity index is 866. The third-order valence-electron chi connectivity index (χ3n) is 3.18. The zero-order chi connectivity index (χ0) is 16.4. The predicted molar refractivity (Wildman–Crippen MR) is 82.9 cm³/mol. The summed E-state index contributed by atoms with van der Waals surface area (Å²) in [5.74, 6) is -0.415. The third-order valence-corrected chi connectivity index (χ3v) is 3.51. The molecular formula is C15H11ClF2N4O. The molecule has 5 nitrogen and oxygen atoms in total. The Kier molecular flexibility index (Phi) is 4.20. The highest BCUT2D eigenvalue weighted by atomic mass is 35.5. The van der Waals surface area contributed by atoms with E-state index in [-0.39, 0.29) is 0 Å². The van der Waals surface area contributed by atoms with Crippen LogP contribution in [0.1, 0.15) is 10.4 Å². The van der Waals surface area contributed by atoms with E-state index in [1.54, 1.807) is 30.5 Å². The molecule has 0 saturated carbocycles. The fourth-order valence-corrected chi connectivity index (χ4v) is 2.40. The van der Waals surface area contributed by atoms with Gasteiger partial charge in [-0.3, -0.25) is 14.5 Å². The number of aromatic nitrogens is 3. The second-order valence-corrected chi connectivity index (χ2v) is 5.20.